The highest BCUT2D eigenvalue weighted by molar-refractivity contribution is 7.15. The summed E-state index contributed by atoms with van der Waals surface area (Å²) >= 11 is 1.29. The lowest BCUT2D eigenvalue weighted by Gasteiger charge is -2.16. The zero-order valence-corrected chi connectivity index (χ0v) is 19.3. The third-order valence-corrected chi connectivity index (χ3v) is 6.55. The van der Waals surface area contributed by atoms with Gasteiger partial charge in [-0.2, -0.15) is 0 Å². The van der Waals surface area contributed by atoms with Crippen LogP contribution in [0.2, 0.25) is 0 Å². The summed E-state index contributed by atoms with van der Waals surface area (Å²) in [5, 5.41) is 12.3. The minimum atomic E-state index is -0.335. The summed E-state index contributed by atoms with van der Waals surface area (Å²) in [7, 11) is 0. The second-order valence-electron chi connectivity index (χ2n) is 8.06. The van der Waals surface area contributed by atoms with Gasteiger partial charge in [0.2, 0.25) is 11.0 Å². The molecule has 2 amide bonds. The molecule has 1 atom stereocenters. The van der Waals surface area contributed by atoms with Crippen molar-refractivity contribution in [1.29, 1.82) is 0 Å². The molecule has 1 saturated heterocycles. The highest BCUT2D eigenvalue weighted by Gasteiger charge is 2.34. The molecule has 1 aliphatic rings. The highest BCUT2D eigenvalue weighted by Crippen LogP contribution is 2.35. The molecule has 1 N–H and O–H groups in total. The van der Waals surface area contributed by atoms with Gasteiger partial charge in [-0.25, -0.2) is 0 Å². The average Bonchev–Trinajstić information content (AvgIpc) is 3.46. The Morgan fingerprint density at radius 3 is 2.65 bits per heavy atom. The first kappa shape index (κ1) is 21.8. The van der Waals surface area contributed by atoms with Crippen LogP contribution in [0.25, 0.3) is 0 Å². The monoisotopic (exact) mass is 470 g/mol. The predicted molar refractivity (Wildman–Crippen MR) is 132 cm³/mol. The number of anilines is 2. The van der Waals surface area contributed by atoms with Crippen LogP contribution in [0.4, 0.5) is 10.8 Å². The number of aromatic nitrogens is 2. The van der Waals surface area contributed by atoms with Gasteiger partial charge in [0, 0.05) is 24.6 Å². The zero-order valence-electron chi connectivity index (χ0n) is 18.5. The first-order valence-electron chi connectivity index (χ1n) is 10.9. The Hall–Kier alpha value is -4.04. The Morgan fingerprint density at radius 2 is 1.82 bits per heavy atom. The molecule has 0 radical (unpaired) electrons. The molecule has 1 aromatic heterocycles. The Kier molecular flexibility index (Phi) is 6.05. The Morgan fingerprint density at radius 1 is 1.03 bits per heavy atom. The summed E-state index contributed by atoms with van der Waals surface area (Å²) in [5.41, 5.74) is 2.39. The molecule has 0 spiro atoms. The van der Waals surface area contributed by atoms with Crippen LogP contribution in [0.5, 0.6) is 11.5 Å². The number of hydrogen-bond donors (Lipinski definition) is 1. The summed E-state index contributed by atoms with van der Waals surface area (Å²) in [4.78, 5) is 27.4. The van der Waals surface area contributed by atoms with Crippen molar-refractivity contribution in [1.82, 2.24) is 10.2 Å². The quantitative estimate of drug-likeness (QED) is 0.407. The number of nitrogens with one attached hydrogen (secondary N) is 1. The normalized spacial score (nSPS) is 15.4. The van der Waals surface area contributed by atoms with Gasteiger partial charge in [-0.1, -0.05) is 53.8 Å². The van der Waals surface area contributed by atoms with Crippen molar-refractivity contribution in [2.45, 2.75) is 19.3 Å². The molecule has 170 valence electrons. The van der Waals surface area contributed by atoms with E-state index in [1.54, 1.807) is 23.1 Å². The van der Waals surface area contributed by atoms with Gasteiger partial charge < -0.3 is 9.64 Å². The van der Waals surface area contributed by atoms with E-state index in [0.29, 0.717) is 35.2 Å². The third kappa shape index (κ3) is 4.67. The first-order chi connectivity index (χ1) is 16.6. The number of carbonyl (C=O) groups is 2. The molecule has 4 aromatic rings. The fraction of sp³-hybridized carbons (Fsp3) is 0.154. The number of para-hydroxylation sites is 2. The van der Waals surface area contributed by atoms with E-state index >= 15 is 0 Å². The first-order valence-corrected chi connectivity index (χ1v) is 11.7. The second-order valence-corrected chi connectivity index (χ2v) is 9.06. The maximum absolute atomic E-state index is 13.0. The van der Waals surface area contributed by atoms with Gasteiger partial charge in [-0.15, -0.1) is 10.2 Å². The van der Waals surface area contributed by atoms with Crippen LogP contribution in [0.1, 0.15) is 33.3 Å². The molecule has 34 heavy (non-hydrogen) atoms. The third-order valence-electron chi connectivity index (χ3n) is 5.55. The van der Waals surface area contributed by atoms with Crippen molar-refractivity contribution in [3.8, 4) is 11.5 Å². The molecule has 2 heterocycles. The molecular formula is C26H22N4O3S. The van der Waals surface area contributed by atoms with E-state index in [1.807, 2.05) is 67.6 Å². The van der Waals surface area contributed by atoms with Crippen LogP contribution in [0.15, 0.2) is 78.9 Å². The Balaban J connectivity index is 1.28. The van der Waals surface area contributed by atoms with Crippen molar-refractivity contribution >= 4 is 34.0 Å². The standard InChI is InChI=1S/C26H22N4O3S/c1-17-8-7-9-19(14-17)30-16-18(15-23(30)31)25-28-29-26(34-25)27-24(32)21-12-5-6-13-22(21)33-20-10-3-2-4-11-20/h2-14,18H,15-16H2,1H3,(H,27,29,32). The molecule has 8 heteroatoms. The molecule has 0 bridgehead atoms. The van der Waals surface area contributed by atoms with E-state index < -0.39 is 0 Å². The summed E-state index contributed by atoms with van der Waals surface area (Å²) < 4.78 is 5.89. The van der Waals surface area contributed by atoms with Gasteiger partial charge in [0.15, 0.2) is 0 Å². The smallest absolute Gasteiger partial charge is 0.261 e. The number of aryl methyl sites for hydroxylation is 1. The van der Waals surface area contributed by atoms with Crippen molar-refractivity contribution in [2.24, 2.45) is 0 Å². The Labute approximate surface area is 201 Å². The van der Waals surface area contributed by atoms with E-state index in [2.05, 4.69) is 15.5 Å². The van der Waals surface area contributed by atoms with Crippen molar-refractivity contribution in [3.63, 3.8) is 0 Å². The van der Waals surface area contributed by atoms with Gasteiger partial charge in [-0.3, -0.25) is 14.9 Å². The lowest BCUT2D eigenvalue weighted by molar-refractivity contribution is -0.117. The van der Waals surface area contributed by atoms with Crippen LogP contribution in [-0.4, -0.2) is 28.6 Å². The lowest BCUT2D eigenvalue weighted by atomic mass is 10.1. The number of benzene rings is 3. The average molecular weight is 471 g/mol. The van der Waals surface area contributed by atoms with Crippen molar-refractivity contribution < 1.29 is 14.3 Å². The summed E-state index contributed by atoms with van der Waals surface area (Å²) in [5.74, 6) is 0.752. The molecule has 0 aliphatic carbocycles. The minimum Gasteiger partial charge on any atom is -0.457 e. The van der Waals surface area contributed by atoms with E-state index in [0.717, 1.165) is 16.3 Å². The molecule has 3 aromatic carbocycles. The molecule has 1 fully saturated rings. The van der Waals surface area contributed by atoms with Crippen molar-refractivity contribution in [2.75, 3.05) is 16.8 Å². The second kappa shape index (κ2) is 9.44. The van der Waals surface area contributed by atoms with E-state index in [9.17, 15) is 9.59 Å². The minimum absolute atomic E-state index is 0.0587. The zero-order chi connectivity index (χ0) is 23.5. The SMILES string of the molecule is Cc1cccc(N2CC(c3nnc(NC(=O)c4ccccc4Oc4ccccc4)s3)CC2=O)c1. The fourth-order valence-corrected chi connectivity index (χ4v) is 4.72. The van der Waals surface area contributed by atoms with Gasteiger partial charge in [-0.05, 0) is 48.9 Å². The molecule has 1 unspecified atom stereocenters. The summed E-state index contributed by atoms with van der Waals surface area (Å²) in [6.45, 7) is 2.54. The molecule has 7 nitrogen and oxygen atoms in total. The van der Waals surface area contributed by atoms with E-state index in [4.69, 9.17) is 4.74 Å². The Bertz CT molecular complexity index is 1340. The predicted octanol–water partition coefficient (Wildman–Crippen LogP) is 5.41. The van der Waals surface area contributed by atoms with Crippen LogP contribution in [0, 0.1) is 6.92 Å². The van der Waals surface area contributed by atoms with E-state index in [-0.39, 0.29) is 17.7 Å². The number of amides is 2. The highest BCUT2D eigenvalue weighted by atomic mass is 32.1. The van der Waals surface area contributed by atoms with Gasteiger partial charge in [0.1, 0.15) is 16.5 Å². The van der Waals surface area contributed by atoms with E-state index in [1.165, 1.54) is 11.3 Å². The number of carbonyl (C=O) groups excluding carboxylic acids is 2. The van der Waals surface area contributed by atoms with Gasteiger partial charge >= 0.3 is 0 Å². The number of hydrogen-bond acceptors (Lipinski definition) is 6. The summed E-state index contributed by atoms with van der Waals surface area (Å²) in [6.07, 6.45) is 0.365. The maximum atomic E-state index is 13.0. The molecular weight excluding hydrogens is 448 g/mol. The molecule has 1 aliphatic heterocycles. The van der Waals surface area contributed by atoms with Crippen LogP contribution < -0.4 is 15.0 Å². The number of nitrogens with zero attached hydrogens (tertiary/aromatic N) is 3. The van der Waals surface area contributed by atoms with Crippen molar-refractivity contribution in [3.05, 3.63) is 95.0 Å². The summed E-state index contributed by atoms with van der Waals surface area (Å²) in [6, 6.07) is 24.2. The van der Waals surface area contributed by atoms with Gasteiger partial charge in [0.05, 0.1) is 5.56 Å². The van der Waals surface area contributed by atoms with Crippen LogP contribution >= 0.6 is 11.3 Å². The topological polar surface area (TPSA) is 84.4 Å². The molecule has 0 saturated carbocycles. The number of ether oxygens (including phenoxy) is 1. The maximum Gasteiger partial charge on any atom is 0.261 e. The van der Waals surface area contributed by atoms with Gasteiger partial charge in [0.25, 0.3) is 5.91 Å². The van der Waals surface area contributed by atoms with Crippen LogP contribution in [0.3, 0.4) is 0 Å². The largest absolute Gasteiger partial charge is 0.457 e. The number of rotatable bonds is 6. The lowest BCUT2D eigenvalue weighted by Crippen LogP contribution is -2.24. The molecule has 5 rings (SSSR count). The van der Waals surface area contributed by atoms with Crippen LogP contribution in [-0.2, 0) is 4.79 Å². The fourth-order valence-electron chi connectivity index (χ4n) is 3.89.